The van der Waals surface area contributed by atoms with Gasteiger partial charge in [-0.25, -0.2) is 13.2 Å². The largest absolute Gasteiger partial charge is 0.497 e. The molecule has 0 fully saturated rings. The van der Waals surface area contributed by atoms with Crippen molar-refractivity contribution in [3.05, 3.63) is 53.6 Å². The lowest BCUT2D eigenvalue weighted by atomic mass is 9.93. The summed E-state index contributed by atoms with van der Waals surface area (Å²) in [5, 5.41) is 2.85. The number of methoxy groups -OCH3 is 1. The monoisotopic (exact) mass is 389 g/mol. The number of benzene rings is 2. The number of nitrogens with zero attached hydrogens (tertiary/aromatic N) is 1. The molecule has 2 amide bonds. The van der Waals surface area contributed by atoms with Crippen LogP contribution in [0.2, 0.25) is 0 Å². The Balaban J connectivity index is 1.76. The molecular weight excluding hydrogens is 366 g/mol. The van der Waals surface area contributed by atoms with Crippen LogP contribution >= 0.6 is 0 Å². The van der Waals surface area contributed by atoms with Gasteiger partial charge in [-0.1, -0.05) is 12.1 Å². The quantitative estimate of drug-likeness (QED) is 0.840. The van der Waals surface area contributed by atoms with Crippen molar-refractivity contribution in [1.29, 1.82) is 0 Å². The van der Waals surface area contributed by atoms with Crippen molar-refractivity contribution in [1.82, 2.24) is 4.90 Å². The van der Waals surface area contributed by atoms with E-state index in [0.717, 1.165) is 24.0 Å². The average Bonchev–Trinajstić information content (AvgIpc) is 2.60. The number of carbonyl (C=O) groups excluding carboxylic acids is 1. The molecule has 27 heavy (non-hydrogen) atoms. The van der Waals surface area contributed by atoms with Crippen molar-refractivity contribution >= 4 is 27.4 Å². The summed E-state index contributed by atoms with van der Waals surface area (Å²) in [5.41, 5.74) is 3.21. The van der Waals surface area contributed by atoms with Gasteiger partial charge in [-0.3, -0.25) is 4.72 Å². The highest BCUT2D eigenvalue weighted by Gasteiger charge is 2.28. The summed E-state index contributed by atoms with van der Waals surface area (Å²) in [6.07, 6.45) is 1.85. The van der Waals surface area contributed by atoms with Crippen LogP contribution in [0, 0.1) is 0 Å². The van der Waals surface area contributed by atoms with Gasteiger partial charge in [-0.2, -0.15) is 0 Å². The molecule has 7 nitrogen and oxygen atoms in total. The van der Waals surface area contributed by atoms with Crippen molar-refractivity contribution in [2.24, 2.45) is 0 Å². The van der Waals surface area contributed by atoms with Gasteiger partial charge in [0.1, 0.15) is 5.75 Å². The number of amides is 2. The van der Waals surface area contributed by atoms with Crippen LogP contribution in [0.1, 0.15) is 24.1 Å². The Morgan fingerprint density at radius 3 is 2.63 bits per heavy atom. The Kier molecular flexibility index (Phi) is 5.27. The summed E-state index contributed by atoms with van der Waals surface area (Å²) >= 11 is 0. The number of urea groups is 1. The predicted octanol–water partition coefficient (Wildman–Crippen LogP) is 3.22. The molecule has 144 valence electrons. The zero-order valence-electron chi connectivity index (χ0n) is 15.5. The first-order valence-electron chi connectivity index (χ1n) is 8.59. The van der Waals surface area contributed by atoms with Crippen molar-refractivity contribution in [3.8, 4) is 5.75 Å². The molecular formula is C19H23N3O4S. The minimum Gasteiger partial charge on any atom is -0.497 e. The molecule has 0 unspecified atom stereocenters. The highest BCUT2D eigenvalue weighted by molar-refractivity contribution is 7.92. The standard InChI is InChI=1S/C19H23N3O4S/c1-13-18-12-17(26-2)8-7-14(18)9-10-22(13)19(23)20-15-5-4-6-16(11-15)21-27(3,24)25/h4-8,11-13,21H,9-10H2,1-3H3,(H,20,23)/t13-/m0/s1. The Morgan fingerprint density at radius 2 is 1.93 bits per heavy atom. The van der Waals surface area contributed by atoms with Crippen molar-refractivity contribution in [2.75, 3.05) is 29.9 Å². The number of ether oxygens (including phenoxy) is 1. The molecule has 3 rings (SSSR count). The molecule has 8 heteroatoms. The normalized spacial score (nSPS) is 16.4. The van der Waals surface area contributed by atoms with Crippen LogP contribution in [0.25, 0.3) is 0 Å². The van der Waals surface area contributed by atoms with Gasteiger partial charge < -0.3 is 15.0 Å². The van der Waals surface area contributed by atoms with E-state index < -0.39 is 10.0 Å². The second-order valence-electron chi connectivity index (χ2n) is 6.57. The first kappa shape index (κ1) is 19.0. The number of sulfonamides is 1. The topological polar surface area (TPSA) is 87.7 Å². The lowest BCUT2D eigenvalue weighted by Crippen LogP contribution is -2.41. The van der Waals surface area contributed by atoms with Gasteiger partial charge in [-0.05, 0) is 54.8 Å². The molecule has 0 saturated heterocycles. The van der Waals surface area contributed by atoms with Crippen LogP contribution < -0.4 is 14.8 Å². The van der Waals surface area contributed by atoms with Crippen molar-refractivity contribution in [3.63, 3.8) is 0 Å². The fourth-order valence-electron chi connectivity index (χ4n) is 3.27. The molecule has 0 aliphatic carbocycles. The summed E-state index contributed by atoms with van der Waals surface area (Å²) in [6, 6.07) is 12.2. The Labute approximate surface area is 159 Å². The summed E-state index contributed by atoms with van der Waals surface area (Å²) in [5.74, 6) is 0.766. The minimum atomic E-state index is -3.38. The molecule has 2 N–H and O–H groups in total. The van der Waals surface area contributed by atoms with E-state index in [1.54, 1.807) is 36.3 Å². The maximum absolute atomic E-state index is 12.8. The van der Waals surface area contributed by atoms with E-state index in [1.165, 1.54) is 5.56 Å². The highest BCUT2D eigenvalue weighted by Crippen LogP contribution is 2.32. The van der Waals surface area contributed by atoms with Crippen LogP contribution in [0.3, 0.4) is 0 Å². The molecule has 2 aromatic carbocycles. The average molecular weight is 389 g/mol. The van der Waals surface area contributed by atoms with Gasteiger partial charge in [0.15, 0.2) is 0 Å². The van der Waals surface area contributed by atoms with Gasteiger partial charge in [-0.15, -0.1) is 0 Å². The number of hydrogen-bond acceptors (Lipinski definition) is 4. The van der Waals surface area contributed by atoms with E-state index in [9.17, 15) is 13.2 Å². The fraction of sp³-hybridized carbons (Fsp3) is 0.316. The Morgan fingerprint density at radius 1 is 1.19 bits per heavy atom. The van der Waals surface area contributed by atoms with Gasteiger partial charge >= 0.3 is 6.03 Å². The summed E-state index contributed by atoms with van der Waals surface area (Å²) < 4.78 is 30.5. The summed E-state index contributed by atoms with van der Waals surface area (Å²) in [7, 11) is -1.75. The van der Waals surface area contributed by atoms with Crippen LogP contribution in [0.5, 0.6) is 5.75 Å². The maximum atomic E-state index is 12.8. The number of carbonyl (C=O) groups is 1. The molecule has 0 saturated carbocycles. The number of anilines is 2. The Bertz CT molecular complexity index is 959. The van der Waals surface area contributed by atoms with Gasteiger partial charge in [0.2, 0.25) is 10.0 Å². The molecule has 0 bridgehead atoms. The molecule has 0 spiro atoms. The van der Waals surface area contributed by atoms with E-state index in [-0.39, 0.29) is 12.1 Å². The molecule has 0 radical (unpaired) electrons. The van der Waals surface area contributed by atoms with Crippen LogP contribution in [-0.2, 0) is 16.4 Å². The first-order chi connectivity index (χ1) is 12.8. The smallest absolute Gasteiger partial charge is 0.322 e. The highest BCUT2D eigenvalue weighted by atomic mass is 32.2. The van der Waals surface area contributed by atoms with E-state index in [4.69, 9.17) is 4.74 Å². The second kappa shape index (κ2) is 7.48. The van der Waals surface area contributed by atoms with Crippen molar-refractivity contribution in [2.45, 2.75) is 19.4 Å². The fourth-order valence-corrected chi connectivity index (χ4v) is 3.82. The van der Waals surface area contributed by atoms with Crippen molar-refractivity contribution < 1.29 is 17.9 Å². The molecule has 1 aliphatic rings. The minimum absolute atomic E-state index is 0.0961. The maximum Gasteiger partial charge on any atom is 0.322 e. The molecule has 2 aromatic rings. The lowest BCUT2D eigenvalue weighted by molar-refractivity contribution is 0.188. The third-order valence-electron chi connectivity index (χ3n) is 4.57. The van der Waals surface area contributed by atoms with E-state index >= 15 is 0 Å². The van der Waals surface area contributed by atoms with Gasteiger partial charge in [0.25, 0.3) is 0 Å². The molecule has 1 aliphatic heterocycles. The SMILES string of the molecule is COc1ccc2c(c1)[C@H](C)N(C(=O)Nc1cccc(NS(C)(=O)=O)c1)CC2. The predicted molar refractivity (Wildman–Crippen MR) is 106 cm³/mol. The first-order valence-corrected chi connectivity index (χ1v) is 10.5. The molecule has 1 heterocycles. The van der Waals surface area contributed by atoms with E-state index in [2.05, 4.69) is 10.0 Å². The van der Waals surface area contributed by atoms with E-state index in [1.807, 2.05) is 25.1 Å². The van der Waals surface area contributed by atoms with Gasteiger partial charge in [0, 0.05) is 12.2 Å². The number of nitrogens with one attached hydrogen (secondary N) is 2. The van der Waals surface area contributed by atoms with Crippen LogP contribution in [0.15, 0.2) is 42.5 Å². The molecule has 1 atom stereocenters. The number of rotatable bonds is 4. The lowest BCUT2D eigenvalue weighted by Gasteiger charge is -2.35. The third-order valence-corrected chi connectivity index (χ3v) is 5.18. The zero-order valence-corrected chi connectivity index (χ0v) is 16.3. The summed E-state index contributed by atoms with van der Waals surface area (Å²) in [6.45, 7) is 2.59. The zero-order chi connectivity index (χ0) is 19.6. The molecule has 0 aromatic heterocycles. The van der Waals surface area contributed by atoms with Crippen LogP contribution in [-0.4, -0.2) is 39.3 Å². The third kappa shape index (κ3) is 4.51. The van der Waals surface area contributed by atoms with Crippen LogP contribution in [0.4, 0.5) is 16.2 Å². The number of fused-ring (bicyclic) bond motifs is 1. The van der Waals surface area contributed by atoms with E-state index in [0.29, 0.717) is 17.9 Å². The number of hydrogen-bond donors (Lipinski definition) is 2. The second-order valence-corrected chi connectivity index (χ2v) is 8.32. The Hall–Kier alpha value is -2.74. The summed E-state index contributed by atoms with van der Waals surface area (Å²) in [4.78, 5) is 14.5. The van der Waals surface area contributed by atoms with Gasteiger partial charge in [0.05, 0.1) is 25.1 Å².